The summed E-state index contributed by atoms with van der Waals surface area (Å²) in [6, 6.07) is 5.49. The second-order valence-electron chi connectivity index (χ2n) is 4.28. The summed E-state index contributed by atoms with van der Waals surface area (Å²) in [6.45, 7) is 2.39. The van der Waals surface area contributed by atoms with Crippen LogP contribution in [0.4, 0.5) is 0 Å². The third kappa shape index (κ3) is 1.84. The summed E-state index contributed by atoms with van der Waals surface area (Å²) >= 11 is 0. The zero-order valence-corrected chi connectivity index (χ0v) is 10.3. The van der Waals surface area contributed by atoms with E-state index in [1.54, 1.807) is 13.2 Å². The molecule has 0 N–H and O–H groups in total. The lowest BCUT2D eigenvalue weighted by Gasteiger charge is -2.33. The molecule has 0 radical (unpaired) electrons. The van der Waals surface area contributed by atoms with E-state index in [9.17, 15) is 4.79 Å². The van der Waals surface area contributed by atoms with Crippen molar-refractivity contribution < 1.29 is 19.0 Å². The Bertz CT molecular complexity index is 441. The quantitative estimate of drug-likeness (QED) is 0.736. The van der Waals surface area contributed by atoms with Crippen LogP contribution >= 0.6 is 0 Å². The van der Waals surface area contributed by atoms with Gasteiger partial charge in [-0.3, -0.25) is 4.79 Å². The number of ether oxygens (including phenoxy) is 3. The van der Waals surface area contributed by atoms with Crippen LogP contribution in [-0.4, -0.2) is 26.8 Å². The molecule has 1 aliphatic heterocycles. The first-order valence-electron chi connectivity index (χ1n) is 5.51. The highest BCUT2D eigenvalue weighted by Gasteiger charge is 2.41. The van der Waals surface area contributed by atoms with Gasteiger partial charge in [-0.1, -0.05) is 6.07 Å². The summed E-state index contributed by atoms with van der Waals surface area (Å²) in [6.07, 6.45) is 0.624. The summed E-state index contributed by atoms with van der Waals surface area (Å²) in [5.74, 6) is 1.19. The predicted molar refractivity (Wildman–Crippen MR) is 62.5 cm³/mol. The Labute approximate surface area is 100 Å². The number of carbonyl (C=O) groups is 1. The van der Waals surface area contributed by atoms with Crippen LogP contribution in [0, 0.1) is 0 Å². The summed E-state index contributed by atoms with van der Waals surface area (Å²) < 4.78 is 15.6. The van der Waals surface area contributed by atoms with E-state index in [0.29, 0.717) is 18.8 Å². The fraction of sp³-hybridized carbons (Fsp3) is 0.462. The van der Waals surface area contributed by atoms with Crippen molar-refractivity contribution in [2.45, 2.75) is 18.8 Å². The fourth-order valence-electron chi connectivity index (χ4n) is 2.14. The molecule has 1 unspecified atom stereocenters. The first kappa shape index (κ1) is 11.8. The standard InChI is InChI=1S/C13H16O4/c1-13(12(14)16-3)6-7-17-11-8-9(15-2)4-5-10(11)13/h4-5,8H,6-7H2,1-3H3. The van der Waals surface area contributed by atoms with E-state index in [4.69, 9.17) is 14.2 Å². The molecule has 0 aromatic heterocycles. The van der Waals surface area contributed by atoms with E-state index in [1.165, 1.54) is 7.11 Å². The number of hydrogen-bond donors (Lipinski definition) is 0. The van der Waals surface area contributed by atoms with Gasteiger partial charge >= 0.3 is 5.97 Å². The maximum atomic E-state index is 11.9. The van der Waals surface area contributed by atoms with E-state index in [2.05, 4.69) is 0 Å². The number of methoxy groups -OCH3 is 2. The molecular weight excluding hydrogens is 220 g/mol. The number of carbonyl (C=O) groups excluding carboxylic acids is 1. The lowest BCUT2D eigenvalue weighted by molar-refractivity contribution is -0.148. The maximum absolute atomic E-state index is 11.9. The molecule has 92 valence electrons. The molecule has 0 fully saturated rings. The van der Waals surface area contributed by atoms with Gasteiger partial charge in [0, 0.05) is 18.1 Å². The molecule has 0 spiro atoms. The minimum absolute atomic E-state index is 0.229. The Kier molecular flexibility index (Phi) is 2.96. The highest BCUT2D eigenvalue weighted by molar-refractivity contribution is 5.84. The molecule has 1 aromatic rings. The van der Waals surface area contributed by atoms with Gasteiger partial charge in [-0.05, 0) is 13.0 Å². The minimum Gasteiger partial charge on any atom is -0.497 e. The Hall–Kier alpha value is -1.71. The van der Waals surface area contributed by atoms with Gasteiger partial charge in [-0.2, -0.15) is 0 Å². The Balaban J connectivity index is 2.48. The molecular formula is C13H16O4. The summed E-state index contributed by atoms with van der Waals surface area (Å²) in [5.41, 5.74) is 0.227. The first-order chi connectivity index (χ1) is 8.11. The molecule has 17 heavy (non-hydrogen) atoms. The second kappa shape index (κ2) is 4.28. The smallest absolute Gasteiger partial charge is 0.316 e. The van der Waals surface area contributed by atoms with Crippen LogP contribution in [0.15, 0.2) is 18.2 Å². The van der Waals surface area contributed by atoms with Crippen molar-refractivity contribution in [2.24, 2.45) is 0 Å². The van der Waals surface area contributed by atoms with Crippen LogP contribution < -0.4 is 9.47 Å². The van der Waals surface area contributed by atoms with Crippen LogP contribution in [0.5, 0.6) is 11.5 Å². The number of rotatable bonds is 2. The third-order valence-corrected chi connectivity index (χ3v) is 3.28. The molecule has 0 aliphatic carbocycles. The first-order valence-corrected chi connectivity index (χ1v) is 5.51. The van der Waals surface area contributed by atoms with Crippen molar-refractivity contribution >= 4 is 5.97 Å². The maximum Gasteiger partial charge on any atom is 0.316 e. The van der Waals surface area contributed by atoms with Crippen LogP contribution in [0.25, 0.3) is 0 Å². The van der Waals surface area contributed by atoms with Crippen LogP contribution in [0.1, 0.15) is 18.9 Å². The number of fused-ring (bicyclic) bond motifs is 1. The minimum atomic E-state index is -0.630. The monoisotopic (exact) mass is 236 g/mol. The Morgan fingerprint density at radius 3 is 2.82 bits per heavy atom. The van der Waals surface area contributed by atoms with Crippen molar-refractivity contribution in [1.29, 1.82) is 0 Å². The van der Waals surface area contributed by atoms with E-state index in [1.807, 2.05) is 19.1 Å². The largest absolute Gasteiger partial charge is 0.497 e. The molecule has 0 saturated carbocycles. The highest BCUT2D eigenvalue weighted by atomic mass is 16.5. The molecule has 1 aromatic carbocycles. The van der Waals surface area contributed by atoms with Crippen LogP contribution in [0.3, 0.4) is 0 Å². The van der Waals surface area contributed by atoms with Crippen LogP contribution in [-0.2, 0) is 14.9 Å². The molecule has 4 nitrogen and oxygen atoms in total. The van der Waals surface area contributed by atoms with Crippen molar-refractivity contribution in [3.8, 4) is 11.5 Å². The Morgan fingerprint density at radius 2 is 2.18 bits per heavy atom. The van der Waals surface area contributed by atoms with Gasteiger partial charge < -0.3 is 14.2 Å². The zero-order chi connectivity index (χ0) is 12.5. The van der Waals surface area contributed by atoms with Crippen molar-refractivity contribution in [1.82, 2.24) is 0 Å². The van der Waals surface area contributed by atoms with Gasteiger partial charge in [-0.15, -0.1) is 0 Å². The Morgan fingerprint density at radius 1 is 1.41 bits per heavy atom. The molecule has 2 rings (SSSR count). The molecule has 0 amide bonds. The van der Waals surface area contributed by atoms with Crippen LogP contribution in [0.2, 0.25) is 0 Å². The van der Waals surface area contributed by atoms with E-state index in [-0.39, 0.29) is 5.97 Å². The predicted octanol–water partition coefficient (Wildman–Crippen LogP) is 1.91. The van der Waals surface area contributed by atoms with Gasteiger partial charge in [0.15, 0.2) is 0 Å². The number of hydrogen-bond acceptors (Lipinski definition) is 4. The number of esters is 1. The molecule has 1 atom stereocenters. The SMILES string of the molecule is COC(=O)C1(C)CCOc2cc(OC)ccc21. The van der Waals surface area contributed by atoms with Gasteiger partial charge in [0.1, 0.15) is 11.5 Å². The van der Waals surface area contributed by atoms with Gasteiger partial charge in [0.05, 0.1) is 26.2 Å². The second-order valence-corrected chi connectivity index (χ2v) is 4.28. The van der Waals surface area contributed by atoms with Gasteiger partial charge in [0.2, 0.25) is 0 Å². The highest BCUT2D eigenvalue weighted by Crippen LogP contribution is 2.41. The van der Waals surface area contributed by atoms with Crippen molar-refractivity contribution in [2.75, 3.05) is 20.8 Å². The molecule has 1 aliphatic rings. The normalized spacial score (nSPS) is 22.3. The third-order valence-electron chi connectivity index (χ3n) is 3.28. The summed E-state index contributed by atoms with van der Waals surface area (Å²) in [7, 11) is 3.01. The van der Waals surface area contributed by atoms with Crippen molar-refractivity contribution in [3.63, 3.8) is 0 Å². The average molecular weight is 236 g/mol. The molecule has 0 bridgehead atoms. The molecule has 1 heterocycles. The van der Waals surface area contributed by atoms with Crippen molar-refractivity contribution in [3.05, 3.63) is 23.8 Å². The van der Waals surface area contributed by atoms with E-state index < -0.39 is 5.41 Å². The molecule has 4 heteroatoms. The molecule has 0 saturated heterocycles. The summed E-state index contributed by atoms with van der Waals surface area (Å²) in [4.78, 5) is 11.9. The zero-order valence-electron chi connectivity index (χ0n) is 10.3. The number of benzene rings is 1. The fourth-order valence-corrected chi connectivity index (χ4v) is 2.14. The summed E-state index contributed by atoms with van der Waals surface area (Å²) in [5, 5.41) is 0. The van der Waals surface area contributed by atoms with E-state index >= 15 is 0 Å². The van der Waals surface area contributed by atoms with E-state index in [0.717, 1.165) is 11.3 Å². The van der Waals surface area contributed by atoms with Gasteiger partial charge in [-0.25, -0.2) is 0 Å². The topological polar surface area (TPSA) is 44.8 Å². The lowest BCUT2D eigenvalue weighted by atomic mass is 9.78. The lowest BCUT2D eigenvalue weighted by Crippen LogP contribution is -2.38. The van der Waals surface area contributed by atoms with Gasteiger partial charge in [0.25, 0.3) is 0 Å². The average Bonchev–Trinajstić information content (AvgIpc) is 2.37.